The van der Waals surface area contributed by atoms with Gasteiger partial charge in [-0.15, -0.1) is 0 Å². The van der Waals surface area contributed by atoms with Crippen LogP contribution in [0.3, 0.4) is 0 Å². The van der Waals surface area contributed by atoms with E-state index in [0.717, 1.165) is 5.56 Å². The van der Waals surface area contributed by atoms with Crippen molar-refractivity contribution < 1.29 is 17.5 Å². The third kappa shape index (κ3) is 3.95. The van der Waals surface area contributed by atoms with Gasteiger partial charge in [0.15, 0.2) is 0 Å². The number of aryl methyl sites for hydroxylation is 2. The first-order chi connectivity index (χ1) is 9.77. The second kappa shape index (κ2) is 6.03. The molecule has 0 fully saturated rings. The Labute approximate surface area is 127 Å². The summed E-state index contributed by atoms with van der Waals surface area (Å²) in [6.45, 7) is 3.77. The first-order valence-corrected chi connectivity index (χ1v) is 8.51. The van der Waals surface area contributed by atoms with Crippen LogP contribution in [0.4, 0.5) is 4.39 Å². The molecule has 0 aromatic heterocycles. The minimum atomic E-state index is -3.76. The van der Waals surface area contributed by atoms with Gasteiger partial charge in [0.25, 0.3) is 9.05 Å². The molecule has 0 unspecified atom stereocenters. The van der Waals surface area contributed by atoms with Gasteiger partial charge < -0.3 is 4.74 Å². The average molecular weight is 329 g/mol. The molecule has 0 aliphatic heterocycles. The van der Waals surface area contributed by atoms with Crippen LogP contribution in [0.5, 0.6) is 5.75 Å². The molecule has 0 aliphatic carbocycles. The summed E-state index contributed by atoms with van der Waals surface area (Å²) < 4.78 is 41.2. The minimum absolute atomic E-state index is 0.0494. The van der Waals surface area contributed by atoms with Crippen molar-refractivity contribution in [2.24, 2.45) is 0 Å². The summed E-state index contributed by atoms with van der Waals surface area (Å²) in [5.74, 6) is 0.297. The third-order valence-corrected chi connectivity index (χ3v) is 4.35. The van der Waals surface area contributed by atoms with Gasteiger partial charge in [-0.2, -0.15) is 0 Å². The van der Waals surface area contributed by atoms with Gasteiger partial charge in [-0.1, -0.05) is 12.1 Å². The molecule has 0 aliphatic rings. The van der Waals surface area contributed by atoms with E-state index >= 15 is 0 Å². The molecule has 0 bridgehead atoms. The van der Waals surface area contributed by atoms with E-state index in [4.69, 9.17) is 15.4 Å². The lowest BCUT2D eigenvalue weighted by Crippen LogP contribution is -2.01. The van der Waals surface area contributed by atoms with Crippen LogP contribution in [0.15, 0.2) is 41.3 Å². The zero-order chi connectivity index (χ0) is 15.6. The molecule has 0 spiro atoms. The van der Waals surface area contributed by atoms with Crippen LogP contribution in [-0.4, -0.2) is 8.42 Å². The molecular weight excluding hydrogens is 315 g/mol. The second-order valence-corrected chi connectivity index (χ2v) is 7.31. The third-order valence-electron chi connectivity index (χ3n) is 3.01. The average Bonchev–Trinajstić information content (AvgIpc) is 2.38. The Kier molecular flexibility index (Phi) is 4.54. The van der Waals surface area contributed by atoms with Crippen LogP contribution >= 0.6 is 10.7 Å². The maximum Gasteiger partial charge on any atom is 0.261 e. The van der Waals surface area contributed by atoms with Crippen molar-refractivity contribution in [2.75, 3.05) is 0 Å². The van der Waals surface area contributed by atoms with Gasteiger partial charge in [0, 0.05) is 10.7 Å². The van der Waals surface area contributed by atoms with Crippen LogP contribution < -0.4 is 4.74 Å². The lowest BCUT2D eigenvalue weighted by molar-refractivity contribution is 0.301. The fourth-order valence-electron chi connectivity index (χ4n) is 2.02. The zero-order valence-corrected chi connectivity index (χ0v) is 13.1. The topological polar surface area (TPSA) is 43.4 Å². The van der Waals surface area contributed by atoms with Gasteiger partial charge in [0.1, 0.15) is 18.2 Å². The van der Waals surface area contributed by atoms with Gasteiger partial charge in [-0.25, -0.2) is 12.8 Å². The quantitative estimate of drug-likeness (QED) is 0.798. The van der Waals surface area contributed by atoms with Gasteiger partial charge in [-0.05, 0) is 54.8 Å². The smallest absolute Gasteiger partial charge is 0.261 e. The van der Waals surface area contributed by atoms with E-state index < -0.39 is 9.05 Å². The molecule has 2 rings (SSSR count). The van der Waals surface area contributed by atoms with Crippen molar-refractivity contribution in [3.05, 3.63) is 58.9 Å². The molecule has 6 heteroatoms. The summed E-state index contributed by atoms with van der Waals surface area (Å²) in [4.78, 5) is 0.0494. The molecule has 0 amide bonds. The fourth-order valence-corrected chi connectivity index (χ4v) is 2.92. The molecular formula is C15H14ClFO3S. The Morgan fingerprint density at radius 2 is 1.62 bits per heavy atom. The van der Waals surface area contributed by atoms with Crippen LogP contribution in [0.2, 0.25) is 0 Å². The second-order valence-electron chi connectivity index (χ2n) is 4.74. The SMILES string of the molecule is Cc1cc(S(=O)(=O)Cl)cc(C)c1OCc1ccc(F)cc1. The number of ether oxygens (including phenoxy) is 1. The molecule has 0 atom stereocenters. The van der Waals surface area contributed by atoms with Crippen LogP contribution in [0, 0.1) is 19.7 Å². The van der Waals surface area contributed by atoms with E-state index in [-0.39, 0.29) is 17.3 Å². The van der Waals surface area contributed by atoms with E-state index in [1.165, 1.54) is 24.3 Å². The predicted octanol–water partition coefficient (Wildman–Crippen LogP) is 3.95. The van der Waals surface area contributed by atoms with Crippen LogP contribution in [0.1, 0.15) is 16.7 Å². The number of hydrogen-bond acceptors (Lipinski definition) is 3. The summed E-state index contributed by atoms with van der Waals surface area (Å²) in [7, 11) is 1.58. The highest BCUT2D eigenvalue weighted by atomic mass is 35.7. The number of halogens is 2. The number of rotatable bonds is 4. The summed E-state index contributed by atoms with van der Waals surface area (Å²) in [6, 6.07) is 8.93. The summed E-state index contributed by atoms with van der Waals surface area (Å²) in [5, 5.41) is 0. The Hall–Kier alpha value is -1.59. The molecule has 0 saturated heterocycles. The van der Waals surface area contributed by atoms with E-state index in [1.54, 1.807) is 26.0 Å². The van der Waals surface area contributed by atoms with Crippen molar-refractivity contribution in [1.82, 2.24) is 0 Å². The predicted molar refractivity (Wildman–Crippen MR) is 79.7 cm³/mol. The zero-order valence-electron chi connectivity index (χ0n) is 11.6. The normalized spacial score (nSPS) is 11.4. The van der Waals surface area contributed by atoms with E-state index in [0.29, 0.717) is 16.9 Å². The Balaban J connectivity index is 2.23. The highest BCUT2D eigenvalue weighted by Gasteiger charge is 2.14. The molecule has 21 heavy (non-hydrogen) atoms. The largest absolute Gasteiger partial charge is 0.488 e. The fraction of sp³-hybridized carbons (Fsp3) is 0.200. The standard InChI is InChI=1S/C15H14ClFO3S/c1-10-7-14(21(16,18)19)8-11(2)15(10)20-9-12-3-5-13(17)6-4-12/h3-8H,9H2,1-2H3. The van der Waals surface area contributed by atoms with Crippen molar-refractivity contribution in [3.8, 4) is 5.75 Å². The highest BCUT2D eigenvalue weighted by molar-refractivity contribution is 8.13. The van der Waals surface area contributed by atoms with E-state index in [1.807, 2.05) is 0 Å². The lowest BCUT2D eigenvalue weighted by atomic mass is 10.1. The first kappa shape index (κ1) is 15.8. The van der Waals surface area contributed by atoms with Crippen molar-refractivity contribution in [2.45, 2.75) is 25.3 Å². The Morgan fingerprint density at radius 1 is 1.10 bits per heavy atom. The van der Waals surface area contributed by atoms with E-state index in [9.17, 15) is 12.8 Å². The number of hydrogen-bond donors (Lipinski definition) is 0. The maximum absolute atomic E-state index is 12.8. The molecule has 112 valence electrons. The molecule has 2 aromatic rings. The van der Waals surface area contributed by atoms with Gasteiger partial charge in [-0.3, -0.25) is 0 Å². The molecule has 3 nitrogen and oxygen atoms in total. The summed E-state index contributed by atoms with van der Waals surface area (Å²) in [5.41, 5.74) is 2.18. The molecule has 0 saturated carbocycles. The lowest BCUT2D eigenvalue weighted by Gasteiger charge is -2.13. The van der Waals surface area contributed by atoms with Gasteiger partial charge in [0.2, 0.25) is 0 Å². The molecule has 0 radical (unpaired) electrons. The van der Waals surface area contributed by atoms with Crippen molar-refractivity contribution in [1.29, 1.82) is 0 Å². The molecule has 0 heterocycles. The first-order valence-electron chi connectivity index (χ1n) is 6.20. The summed E-state index contributed by atoms with van der Waals surface area (Å²) >= 11 is 0. The van der Waals surface area contributed by atoms with Crippen LogP contribution in [-0.2, 0) is 15.7 Å². The van der Waals surface area contributed by atoms with Gasteiger partial charge in [0.05, 0.1) is 4.90 Å². The van der Waals surface area contributed by atoms with E-state index in [2.05, 4.69) is 0 Å². The number of benzene rings is 2. The Bertz CT molecular complexity index is 732. The van der Waals surface area contributed by atoms with Crippen molar-refractivity contribution >= 4 is 19.7 Å². The van der Waals surface area contributed by atoms with Crippen molar-refractivity contribution in [3.63, 3.8) is 0 Å². The van der Waals surface area contributed by atoms with Crippen LogP contribution in [0.25, 0.3) is 0 Å². The highest BCUT2D eigenvalue weighted by Crippen LogP contribution is 2.29. The molecule has 2 aromatic carbocycles. The monoisotopic (exact) mass is 328 g/mol. The minimum Gasteiger partial charge on any atom is -0.488 e. The summed E-state index contributed by atoms with van der Waals surface area (Å²) in [6.07, 6.45) is 0. The maximum atomic E-state index is 12.8. The Morgan fingerprint density at radius 3 is 2.10 bits per heavy atom. The molecule has 0 N–H and O–H groups in total. The van der Waals surface area contributed by atoms with Gasteiger partial charge >= 0.3 is 0 Å².